The Morgan fingerprint density at radius 2 is 2.10 bits per heavy atom. The van der Waals surface area contributed by atoms with Crippen LogP contribution in [-0.2, 0) is 0 Å². The zero-order valence-electron chi connectivity index (χ0n) is 12.9. The number of hydrogen-bond acceptors (Lipinski definition) is 3. The van der Waals surface area contributed by atoms with Gasteiger partial charge in [-0.25, -0.2) is 0 Å². The second kappa shape index (κ2) is 6.92. The van der Waals surface area contributed by atoms with Gasteiger partial charge in [-0.1, -0.05) is 24.6 Å². The van der Waals surface area contributed by atoms with Gasteiger partial charge in [-0.2, -0.15) is 0 Å². The van der Waals surface area contributed by atoms with E-state index in [1.807, 2.05) is 18.2 Å². The lowest BCUT2D eigenvalue weighted by atomic mass is 9.95. The Labute approximate surface area is 131 Å². The molecular weight excluding hydrogens is 284 g/mol. The smallest absolute Gasteiger partial charge is 0.124 e. The summed E-state index contributed by atoms with van der Waals surface area (Å²) in [5.41, 5.74) is 4.26. The minimum Gasteiger partial charge on any atom is -0.496 e. The summed E-state index contributed by atoms with van der Waals surface area (Å²) in [6.07, 6.45) is 1.77. The second-order valence-electron chi connectivity index (χ2n) is 5.06. The molecule has 0 radical (unpaired) electrons. The van der Waals surface area contributed by atoms with Crippen LogP contribution < -0.4 is 10.1 Å². The summed E-state index contributed by atoms with van der Waals surface area (Å²) in [4.78, 5) is 4.46. The number of hydrogen-bond donors (Lipinski definition) is 1. The number of halogens is 1. The fourth-order valence-electron chi connectivity index (χ4n) is 2.63. The van der Waals surface area contributed by atoms with E-state index in [0.29, 0.717) is 5.02 Å². The molecule has 112 valence electrons. The Morgan fingerprint density at radius 3 is 2.71 bits per heavy atom. The molecule has 3 nitrogen and oxygen atoms in total. The van der Waals surface area contributed by atoms with E-state index in [1.54, 1.807) is 13.3 Å². The SMILES string of the molecule is CCNC(c1ncccc1Cl)c1c(C)cc(C)cc1OC. The normalized spacial score (nSPS) is 12.2. The standard InChI is InChI=1S/C17H21ClN2O/c1-5-19-17(16-13(18)7-6-8-20-16)15-12(3)9-11(2)10-14(15)21-4/h6-10,17,19H,5H2,1-4H3. The number of methoxy groups -OCH3 is 1. The molecule has 1 aromatic heterocycles. The van der Waals surface area contributed by atoms with Crippen molar-refractivity contribution in [1.29, 1.82) is 0 Å². The minimum atomic E-state index is -0.0840. The van der Waals surface area contributed by atoms with Gasteiger partial charge in [0.2, 0.25) is 0 Å². The zero-order valence-corrected chi connectivity index (χ0v) is 13.7. The lowest BCUT2D eigenvalue weighted by molar-refractivity contribution is 0.403. The monoisotopic (exact) mass is 304 g/mol. The molecule has 0 saturated carbocycles. The molecule has 1 unspecified atom stereocenters. The third-order valence-electron chi connectivity index (χ3n) is 3.47. The van der Waals surface area contributed by atoms with Crippen molar-refractivity contribution in [3.8, 4) is 5.75 Å². The van der Waals surface area contributed by atoms with Crippen molar-refractivity contribution in [2.24, 2.45) is 0 Å². The van der Waals surface area contributed by atoms with E-state index in [2.05, 4.69) is 37.1 Å². The summed E-state index contributed by atoms with van der Waals surface area (Å²) < 4.78 is 5.58. The second-order valence-corrected chi connectivity index (χ2v) is 5.47. The summed E-state index contributed by atoms with van der Waals surface area (Å²) in [5, 5.41) is 4.12. The summed E-state index contributed by atoms with van der Waals surface area (Å²) in [6.45, 7) is 7.04. The van der Waals surface area contributed by atoms with Crippen molar-refractivity contribution in [3.63, 3.8) is 0 Å². The highest BCUT2D eigenvalue weighted by Gasteiger charge is 2.23. The van der Waals surface area contributed by atoms with Crippen LogP contribution in [0.25, 0.3) is 0 Å². The fourth-order valence-corrected chi connectivity index (χ4v) is 2.86. The van der Waals surface area contributed by atoms with Crippen molar-refractivity contribution < 1.29 is 4.74 Å². The van der Waals surface area contributed by atoms with E-state index in [4.69, 9.17) is 16.3 Å². The number of nitrogens with zero attached hydrogens (tertiary/aromatic N) is 1. The van der Waals surface area contributed by atoms with Crippen molar-refractivity contribution in [3.05, 3.63) is 57.9 Å². The number of aryl methyl sites for hydroxylation is 2. The highest BCUT2D eigenvalue weighted by atomic mass is 35.5. The Balaban J connectivity index is 2.61. The van der Waals surface area contributed by atoms with Crippen LogP contribution in [0.5, 0.6) is 5.75 Å². The van der Waals surface area contributed by atoms with Crippen molar-refractivity contribution in [2.75, 3.05) is 13.7 Å². The highest BCUT2D eigenvalue weighted by Crippen LogP contribution is 2.35. The molecule has 0 aliphatic heterocycles. The molecule has 4 heteroatoms. The van der Waals surface area contributed by atoms with E-state index >= 15 is 0 Å². The molecule has 0 amide bonds. The third kappa shape index (κ3) is 3.36. The maximum Gasteiger partial charge on any atom is 0.124 e. The van der Waals surface area contributed by atoms with E-state index in [0.717, 1.165) is 23.6 Å². The van der Waals surface area contributed by atoms with Crippen molar-refractivity contribution in [2.45, 2.75) is 26.8 Å². The first-order chi connectivity index (χ1) is 10.1. The Bertz CT molecular complexity index is 628. The van der Waals surface area contributed by atoms with E-state index in [1.165, 1.54) is 11.1 Å². The van der Waals surface area contributed by atoms with Crippen LogP contribution in [0.15, 0.2) is 30.5 Å². The van der Waals surface area contributed by atoms with Gasteiger partial charge in [0.25, 0.3) is 0 Å². The van der Waals surface area contributed by atoms with E-state index in [-0.39, 0.29) is 6.04 Å². The quantitative estimate of drug-likeness (QED) is 0.904. The molecule has 0 saturated heterocycles. The van der Waals surface area contributed by atoms with Crippen LogP contribution in [0.4, 0.5) is 0 Å². The Kier molecular flexibility index (Phi) is 5.21. The molecule has 0 bridgehead atoms. The number of nitrogens with one attached hydrogen (secondary N) is 1. The predicted molar refractivity (Wildman–Crippen MR) is 87.2 cm³/mol. The van der Waals surface area contributed by atoms with Crippen molar-refractivity contribution >= 4 is 11.6 Å². The number of aromatic nitrogens is 1. The lowest BCUT2D eigenvalue weighted by Crippen LogP contribution is -2.24. The van der Waals surface area contributed by atoms with Crippen LogP contribution in [-0.4, -0.2) is 18.6 Å². The van der Waals surface area contributed by atoms with Crippen molar-refractivity contribution in [1.82, 2.24) is 10.3 Å². The van der Waals surface area contributed by atoms with E-state index in [9.17, 15) is 0 Å². The van der Waals surface area contributed by atoms with E-state index < -0.39 is 0 Å². The van der Waals surface area contributed by atoms with Crippen LogP contribution >= 0.6 is 11.6 Å². The lowest BCUT2D eigenvalue weighted by Gasteiger charge is -2.23. The number of benzene rings is 1. The van der Waals surface area contributed by atoms with Gasteiger partial charge in [0, 0.05) is 11.8 Å². The molecule has 1 aromatic carbocycles. The molecule has 0 spiro atoms. The molecule has 1 heterocycles. The van der Waals surface area contributed by atoms with Gasteiger partial charge >= 0.3 is 0 Å². The Morgan fingerprint density at radius 1 is 1.33 bits per heavy atom. The summed E-state index contributed by atoms with van der Waals surface area (Å²) in [5.74, 6) is 0.861. The van der Waals surface area contributed by atoms with Gasteiger partial charge in [-0.3, -0.25) is 4.98 Å². The fraction of sp³-hybridized carbons (Fsp3) is 0.353. The first-order valence-electron chi connectivity index (χ1n) is 7.07. The predicted octanol–water partition coefficient (Wildman–Crippen LogP) is 4.06. The largest absolute Gasteiger partial charge is 0.496 e. The average Bonchev–Trinajstić information content (AvgIpc) is 2.45. The maximum absolute atomic E-state index is 6.34. The molecule has 0 aliphatic rings. The van der Waals surface area contributed by atoms with Crippen LogP contribution in [0.2, 0.25) is 5.02 Å². The minimum absolute atomic E-state index is 0.0840. The topological polar surface area (TPSA) is 34.2 Å². The van der Waals surface area contributed by atoms with Gasteiger partial charge in [0.05, 0.1) is 23.9 Å². The highest BCUT2D eigenvalue weighted by molar-refractivity contribution is 6.31. The molecular formula is C17H21ClN2O. The first kappa shape index (κ1) is 15.8. The summed E-state index contributed by atoms with van der Waals surface area (Å²) in [6, 6.07) is 7.82. The van der Waals surface area contributed by atoms with Crippen LogP contribution in [0, 0.1) is 13.8 Å². The van der Waals surface area contributed by atoms with Gasteiger partial charge < -0.3 is 10.1 Å². The average molecular weight is 305 g/mol. The molecule has 21 heavy (non-hydrogen) atoms. The zero-order chi connectivity index (χ0) is 15.4. The number of rotatable bonds is 5. The van der Waals surface area contributed by atoms with Gasteiger partial charge in [0.15, 0.2) is 0 Å². The maximum atomic E-state index is 6.34. The number of ether oxygens (including phenoxy) is 1. The molecule has 1 N–H and O–H groups in total. The van der Waals surface area contributed by atoms with Gasteiger partial charge in [-0.15, -0.1) is 0 Å². The Hall–Kier alpha value is -1.58. The van der Waals surface area contributed by atoms with Crippen LogP contribution in [0.1, 0.15) is 35.3 Å². The van der Waals surface area contributed by atoms with Crippen LogP contribution in [0.3, 0.4) is 0 Å². The number of pyridine rings is 1. The van der Waals surface area contributed by atoms with Gasteiger partial charge in [0.1, 0.15) is 5.75 Å². The summed E-state index contributed by atoms with van der Waals surface area (Å²) >= 11 is 6.34. The molecule has 0 aliphatic carbocycles. The first-order valence-corrected chi connectivity index (χ1v) is 7.45. The summed E-state index contributed by atoms with van der Waals surface area (Å²) in [7, 11) is 1.70. The van der Waals surface area contributed by atoms with Gasteiger partial charge in [-0.05, 0) is 49.7 Å². The third-order valence-corrected chi connectivity index (χ3v) is 3.79. The molecule has 0 fully saturated rings. The molecule has 1 atom stereocenters. The molecule has 2 rings (SSSR count). The molecule has 2 aromatic rings.